The summed E-state index contributed by atoms with van der Waals surface area (Å²) in [6.07, 6.45) is 4.48. The molecular weight excluding hydrogens is 304 g/mol. The average molecular weight is 323 g/mol. The molecule has 0 fully saturated rings. The first-order valence-electron chi connectivity index (χ1n) is 6.39. The Hall–Kier alpha value is -1.13. The van der Waals surface area contributed by atoms with Gasteiger partial charge in [-0.2, -0.15) is 0 Å². The van der Waals surface area contributed by atoms with E-state index in [-0.39, 0.29) is 12.0 Å². The summed E-state index contributed by atoms with van der Waals surface area (Å²) in [6.45, 7) is 5.24. The van der Waals surface area contributed by atoms with Crippen molar-refractivity contribution in [1.82, 2.24) is 9.55 Å². The maximum atomic E-state index is 9.19. The topological polar surface area (TPSA) is 38.1 Å². The van der Waals surface area contributed by atoms with E-state index >= 15 is 0 Å². The molecule has 0 aliphatic heterocycles. The van der Waals surface area contributed by atoms with Crippen LogP contribution >= 0.6 is 15.9 Å². The van der Waals surface area contributed by atoms with Crippen LogP contribution < -0.4 is 0 Å². The Morgan fingerprint density at radius 1 is 1.32 bits per heavy atom. The lowest BCUT2D eigenvalue weighted by Gasteiger charge is -2.25. The summed E-state index contributed by atoms with van der Waals surface area (Å²) in [5.74, 6) is 0. The van der Waals surface area contributed by atoms with E-state index in [1.807, 2.05) is 30.7 Å². The highest BCUT2D eigenvalue weighted by Crippen LogP contribution is 2.27. The summed E-state index contributed by atoms with van der Waals surface area (Å²) < 4.78 is 3.25. The van der Waals surface area contributed by atoms with Crippen molar-refractivity contribution in [3.63, 3.8) is 0 Å². The molecule has 0 bridgehead atoms. The van der Waals surface area contributed by atoms with Crippen LogP contribution in [-0.4, -0.2) is 21.3 Å². The Bertz CT molecular complexity index is 549. The number of hydrogen-bond donors (Lipinski definition) is 1. The SMILES string of the molecule is CC(C)(CCO)c1cncn1Cc1ccccc1Br. The number of hydrogen-bond acceptors (Lipinski definition) is 2. The van der Waals surface area contributed by atoms with Crippen molar-refractivity contribution in [3.8, 4) is 0 Å². The molecule has 0 saturated heterocycles. The first-order valence-corrected chi connectivity index (χ1v) is 7.19. The van der Waals surface area contributed by atoms with Crippen LogP contribution in [0, 0.1) is 0 Å². The van der Waals surface area contributed by atoms with Crippen molar-refractivity contribution in [1.29, 1.82) is 0 Å². The fourth-order valence-corrected chi connectivity index (χ4v) is 2.64. The summed E-state index contributed by atoms with van der Waals surface area (Å²) in [5.41, 5.74) is 2.30. The lowest BCUT2D eigenvalue weighted by molar-refractivity contribution is 0.248. The van der Waals surface area contributed by atoms with Gasteiger partial charge < -0.3 is 9.67 Å². The summed E-state index contributed by atoms with van der Waals surface area (Å²) >= 11 is 3.57. The number of nitrogens with zero attached hydrogens (tertiary/aromatic N) is 2. The Morgan fingerprint density at radius 2 is 2.05 bits per heavy atom. The second-order valence-electron chi connectivity index (χ2n) is 5.36. The third-order valence-electron chi connectivity index (χ3n) is 3.44. The molecule has 3 nitrogen and oxygen atoms in total. The van der Waals surface area contributed by atoms with Gasteiger partial charge in [0, 0.05) is 34.9 Å². The zero-order valence-corrected chi connectivity index (χ0v) is 12.9. The Balaban J connectivity index is 2.28. The van der Waals surface area contributed by atoms with Gasteiger partial charge in [0.15, 0.2) is 0 Å². The summed E-state index contributed by atoms with van der Waals surface area (Å²) in [5, 5.41) is 9.19. The number of benzene rings is 1. The molecule has 1 aromatic heterocycles. The van der Waals surface area contributed by atoms with Gasteiger partial charge in [-0.25, -0.2) is 4.98 Å². The van der Waals surface area contributed by atoms with Gasteiger partial charge in [0.1, 0.15) is 0 Å². The monoisotopic (exact) mass is 322 g/mol. The maximum Gasteiger partial charge on any atom is 0.0951 e. The van der Waals surface area contributed by atoms with Crippen LogP contribution in [0.1, 0.15) is 31.5 Å². The predicted molar refractivity (Wildman–Crippen MR) is 80.2 cm³/mol. The van der Waals surface area contributed by atoms with Crippen LogP contribution in [-0.2, 0) is 12.0 Å². The zero-order chi connectivity index (χ0) is 13.9. The number of aliphatic hydroxyl groups excluding tert-OH is 1. The number of rotatable bonds is 5. The van der Waals surface area contributed by atoms with Crippen molar-refractivity contribution in [2.75, 3.05) is 6.61 Å². The van der Waals surface area contributed by atoms with E-state index in [2.05, 4.69) is 45.4 Å². The van der Waals surface area contributed by atoms with Gasteiger partial charge in [-0.3, -0.25) is 0 Å². The highest BCUT2D eigenvalue weighted by atomic mass is 79.9. The van der Waals surface area contributed by atoms with E-state index < -0.39 is 0 Å². The third kappa shape index (κ3) is 3.25. The van der Waals surface area contributed by atoms with Gasteiger partial charge >= 0.3 is 0 Å². The van der Waals surface area contributed by atoms with Gasteiger partial charge in [0.05, 0.1) is 6.33 Å². The second kappa shape index (κ2) is 5.88. The Kier molecular flexibility index (Phi) is 4.42. The number of aromatic nitrogens is 2. The zero-order valence-electron chi connectivity index (χ0n) is 11.3. The van der Waals surface area contributed by atoms with Crippen LogP contribution in [0.15, 0.2) is 41.3 Å². The molecule has 0 saturated carbocycles. The van der Waals surface area contributed by atoms with E-state index in [1.165, 1.54) is 5.56 Å². The fraction of sp³-hybridized carbons (Fsp3) is 0.400. The largest absolute Gasteiger partial charge is 0.396 e. The van der Waals surface area contributed by atoms with Crippen molar-refractivity contribution < 1.29 is 5.11 Å². The van der Waals surface area contributed by atoms with Gasteiger partial charge in [-0.05, 0) is 18.1 Å². The molecule has 1 aromatic carbocycles. The van der Waals surface area contributed by atoms with Gasteiger partial charge in [-0.15, -0.1) is 0 Å². The van der Waals surface area contributed by atoms with E-state index in [0.29, 0.717) is 0 Å². The molecule has 0 atom stereocenters. The number of aliphatic hydroxyl groups is 1. The lowest BCUT2D eigenvalue weighted by Crippen LogP contribution is -2.23. The highest BCUT2D eigenvalue weighted by molar-refractivity contribution is 9.10. The molecule has 19 heavy (non-hydrogen) atoms. The Morgan fingerprint density at radius 3 is 2.74 bits per heavy atom. The summed E-state index contributed by atoms with van der Waals surface area (Å²) in [7, 11) is 0. The first-order chi connectivity index (χ1) is 9.04. The van der Waals surface area contributed by atoms with Crippen LogP contribution in [0.25, 0.3) is 0 Å². The molecule has 2 rings (SSSR count). The number of imidazole rings is 1. The van der Waals surface area contributed by atoms with Crippen LogP contribution in [0.5, 0.6) is 0 Å². The quantitative estimate of drug-likeness (QED) is 0.916. The predicted octanol–water partition coefficient (Wildman–Crippen LogP) is 3.35. The van der Waals surface area contributed by atoms with E-state index in [1.54, 1.807) is 0 Å². The molecule has 0 aliphatic rings. The second-order valence-corrected chi connectivity index (χ2v) is 6.21. The van der Waals surface area contributed by atoms with Crippen LogP contribution in [0.4, 0.5) is 0 Å². The highest BCUT2D eigenvalue weighted by Gasteiger charge is 2.24. The standard InChI is InChI=1S/C15H19BrN2O/c1-15(2,7-8-19)14-9-17-11-18(14)10-12-5-3-4-6-13(12)16/h3-6,9,11,19H,7-8,10H2,1-2H3. The number of halogens is 1. The van der Waals surface area contributed by atoms with Crippen molar-refractivity contribution in [2.45, 2.75) is 32.2 Å². The normalized spacial score (nSPS) is 11.8. The maximum absolute atomic E-state index is 9.19. The van der Waals surface area contributed by atoms with Crippen molar-refractivity contribution in [3.05, 3.63) is 52.5 Å². The molecule has 1 heterocycles. The first kappa shape index (κ1) is 14.3. The van der Waals surface area contributed by atoms with Crippen LogP contribution in [0.3, 0.4) is 0 Å². The summed E-state index contributed by atoms with van der Waals surface area (Å²) in [6, 6.07) is 8.20. The third-order valence-corrected chi connectivity index (χ3v) is 4.21. The minimum absolute atomic E-state index is 0.0769. The minimum atomic E-state index is -0.0769. The molecule has 1 N–H and O–H groups in total. The molecule has 0 aliphatic carbocycles. The van der Waals surface area contributed by atoms with Crippen molar-refractivity contribution >= 4 is 15.9 Å². The smallest absolute Gasteiger partial charge is 0.0951 e. The molecule has 0 unspecified atom stereocenters. The van der Waals surface area contributed by atoms with Crippen molar-refractivity contribution in [2.24, 2.45) is 0 Å². The van der Waals surface area contributed by atoms with E-state index in [0.717, 1.165) is 23.1 Å². The molecular formula is C15H19BrN2O. The molecule has 0 spiro atoms. The Labute approximate surface area is 122 Å². The summed E-state index contributed by atoms with van der Waals surface area (Å²) in [4.78, 5) is 4.26. The minimum Gasteiger partial charge on any atom is -0.396 e. The van der Waals surface area contributed by atoms with Gasteiger partial charge in [-0.1, -0.05) is 48.0 Å². The van der Waals surface area contributed by atoms with E-state index in [9.17, 15) is 5.11 Å². The van der Waals surface area contributed by atoms with Gasteiger partial charge in [0.25, 0.3) is 0 Å². The molecule has 102 valence electrons. The average Bonchev–Trinajstić information content (AvgIpc) is 2.81. The molecule has 0 radical (unpaired) electrons. The molecule has 0 amide bonds. The molecule has 4 heteroatoms. The van der Waals surface area contributed by atoms with E-state index in [4.69, 9.17) is 0 Å². The lowest BCUT2D eigenvalue weighted by atomic mass is 9.86. The van der Waals surface area contributed by atoms with Crippen LogP contribution in [0.2, 0.25) is 0 Å². The fourth-order valence-electron chi connectivity index (χ4n) is 2.23. The van der Waals surface area contributed by atoms with Gasteiger partial charge in [0.2, 0.25) is 0 Å². The molecule has 2 aromatic rings.